The van der Waals surface area contributed by atoms with Crippen molar-refractivity contribution < 1.29 is 19.4 Å². The quantitative estimate of drug-likeness (QED) is 0.307. The molecule has 2 aromatic heterocycles. The standard InChI is InChI=1S/C26H25ClN6O5/c1-3-4-5-22(25(35)29-18-9-6-16(7-10-18)26(36)37)32-14-23(38-2)20(13-24(32)34)19-12-17(27)8-11-21(19)33-15-28-30-31-33/h6-15,22H,3-5H2,1-2H3,(H,29,35)(H,36,37). The van der Waals surface area contributed by atoms with Gasteiger partial charge in [0.25, 0.3) is 5.56 Å². The molecule has 0 bridgehead atoms. The Morgan fingerprint density at radius 3 is 2.53 bits per heavy atom. The molecule has 0 saturated carbocycles. The van der Waals surface area contributed by atoms with Crippen LogP contribution in [0, 0.1) is 0 Å². The van der Waals surface area contributed by atoms with E-state index >= 15 is 0 Å². The number of carbonyl (C=O) groups excluding carboxylic acids is 1. The molecule has 1 unspecified atom stereocenters. The molecule has 0 fully saturated rings. The number of anilines is 1. The first-order valence-corrected chi connectivity index (χ1v) is 12.2. The minimum absolute atomic E-state index is 0.101. The number of aromatic carboxylic acids is 1. The molecule has 0 saturated heterocycles. The van der Waals surface area contributed by atoms with Gasteiger partial charge in [-0.15, -0.1) is 5.10 Å². The molecule has 2 heterocycles. The van der Waals surface area contributed by atoms with Crippen LogP contribution in [0.2, 0.25) is 5.02 Å². The molecule has 1 atom stereocenters. The Morgan fingerprint density at radius 2 is 1.89 bits per heavy atom. The summed E-state index contributed by atoms with van der Waals surface area (Å²) < 4.78 is 8.44. The van der Waals surface area contributed by atoms with Crippen LogP contribution >= 0.6 is 11.6 Å². The number of nitrogens with zero attached hydrogens (tertiary/aromatic N) is 5. The predicted octanol–water partition coefficient (Wildman–Crippen LogP) is 4.22. The fraction of sp³-hybridized carbons (Fsp3) is 0.231. The fourth-order valence-electron chi connectivity index (χ4n) is 4.06. The number of carboxylic acid groups (broad SMARTS) is 1. The van der Waals surface area contributed by atoms with Gasteiger partial charge in [-0.05, 0) is 59.3 Å². The first-order valence-electron chi connectivity index (χ1n) is 11.8. The third-order valence-electron chi connectivity index (χ3n) is 5.98. The molecule has 4 aromatic rings. The van der Waals surface area contributed by atoms with E-state index in [1.54, 1.807) is 18.2 Å². The average molecular weight is 537 g/mol. The molecule has 4 rings (SSSR count). The monoisotopic (exact) mass is 536 g/mol. The summed E-state index contributed by atoms with van der Waals surface area (Å²) in [5.41, 5.74) is 1.72. The van der Waals surface area contributed by atoms with Crippen LogP contribution in [0.3, 0.4) is 0 Å². The van der Waals surface area contributed by atoms with Crippen LogP contribution in [0.15, 0.2) is 65.8 Å². The second kappa shape index (κ2) is 11.7. The smallest absolute Gasteiger partial charge is 0.335 e. The van der Waals surface area contributed by atoms with E-state index in [9.17, 15) is 14.4 Å². The number of halogens is 1. The normalized spacial score (nSPS) is 11.7. The Hall–Kier alpha value is -4.51. The third-order valence-corrected chi connectivity index (χ3v) is 6.21. The van der Waals surface area contributed by atoms with Crippen molar-refractivity contribution in [3.8, 4) is 22.6 Å². The van der Waals surface area contributed by atoms with Gasteiger partial charge in [-0.25, -0.2) is 4.79 Å². The summed E-state index contributed by atoms with van der Waals surface area (Å²) in [6.07, 6.45) is 4.86. The number of ether oxygens (including phenoxy) is 1. The Labute approximate surface area is 222 Å². The number of aromatic nitrogens is 5. The zero-order valence-electron chi connectivity index (χ0n) is 20.7. The maximum Gasteiger partial charge on any atom is 0.335 e. The molecule has 2 N–H and O–H groups in total. The fourth-order valence-corrected chi connectivity index (χ4v) is 4.23. The molecule has 2 aromatic carbocycles. The van der Waals surface area contributed by atoms with E-state index in [0.29, 0.717) is 46.1 Å². The van der Waals surface area contributed by atoms with Gasteiger partial charge < -0.3 is 15.2 Å². The highest BCUT2D eigenvalue weighted by Gasteiger charge is 2.24. The summed E-state index contributed by atoms with van der Waals surface area (Å²) in [6, 6.07) is 11.5. The highest BCUT2D eigenvalue weighted by molar-refractivity contribution is 6.31. The van der Waals surface area contributed by atoms with Crippen molar-refractivity contribution in [1.82, 2.24) is 24.8 Å². The summed E-state index contributed by atoms with van der Waals surface area (Å²) in [6.45, 7) is 1.99. The molecular formula is C26H25ClN6O5. The second-order valence-electron chi connectivity index (χ2n) is 8.45. The summed E-state index contributed by atoms with van der Waals surface area (Å²) in [5.74, 6) is -1.12. The molecule has 12 heteroatoms. The number of hydrogen-bond donors (Lipinski definition) is 2. The van der Waals surface area contributed by atoms with Gasteiger partial charge in [-0.2, -0.15) is 4.68 Å². The summed E-state index contributed by atoms with van der Waals surface area (Å²) in [7, 11) is 1.47. The van der Waals surface area contributed by atoms with E-state index in [2.05, 4.69) is 20.8 Å². The maximum atomic E-state index is 13.4. The molecule has 0 aliphatic carbocycles. The van der Waals surface area contributed by atoms with Crippen molar-refractivity contribution in [2.24, 2.45) is 0 Å². The largest absolute Gasteiger partial charge is 0.495 e. The van der Waals surface area contributed by atoms with Gasteiger partial charge in [0.1, 0.15) is 18.1 Å². The van der Waals surface area contributed by atoms with Gasteiger partial charge in [-0.3, -0.25) is 14.2 Å². The Balaban J connectivity index is 1.74. The molecule has 0 aliphatic heterocycles. The number of methoxy groups -OCH3 is 1. The molecular weight excluding hydrogens is 512 g/mol. The van der Waals surface area contributed by atoms with Crippen LogP contribution in [0.25, 0.3) is 16.8 Å². The number of nitrogens with one attached hydrogen (secondary N) is 1. The van der Waals surface area contributed by atoms with Gasteiger partial charge in [0.05, 0.1) is 24.6 Å². The minimum atomic E-state index is -1.06. The van der Waals surface area contributed by atoms with Crippen LogP contribution in [0.1, 0.15) is 42.6 Å². The number of rotatable bonds is 10. The van der Waals surface area contributed by atoms with Gasteiger partial charge >= 0.3 is 5.97 Å². The van der Waals surface area contributed by atoms with E-state index in [-0.39, 0.29) is 5.56 Å². The Bertz CT molecular complexity index is 1500. The lowest BCUT2D eigenvalue weighted by molar-refractivity contribution is -0.119. The number of carbonyl (C=O) groups is 2. The molecule has 196 valence electrons. The van der Waals surface area contributed by atoms with Gasteiger partial charge in [0.2, 0.25) is 5.91 Å². The number of hydrogen-bond acceptors (Lipinski definition) is 7. The Kier molecular flexibility index (Phi) is 8.17. The number of amides is 1. The zero-order chi connectivity index (χ0) is 27.2. The summed E-state index contributed by atoms with van der Waals surface area (Å²) >= 11 is 6.28. The maximum absolute atomic E-state index is 13.4. The molecule has 0 aliphatic rings. The van der Waals surface area contributed by atoms with Gasteiger partial charge in [0.15, 0.2) is 0 Å². The minimum Gasteiger partial charge on any atom is -0.495 e. The third kappa shape index (κ3) is 5.73. The van der Waals surface area contributed by atoms with Crippen LogP contribution in [-0.4, -0.2) is 48.9 Å². The van der Waals surface area contributed by atoms with E-state index in [1.807, 2.05) is 6.92 Å². The van der Waals surface area contributed by atoms with Crippen LogP contribution in [0.4, 0.5) is 5.69 Å². The molecule has 38 heavy (non-hydrogen) atoms. The molecule has 0 radical (unpaired) electrons. The van der Waals surface area contributed by atoms with Crippen LogP contribution in [-0.2, 0) is 4.79 Å². The van der Waals surface area contributed by atoms with E-state index in [4.69, 9.17) is 21.4 Å². The summed E-state index contributed by atoms with van der Waals surface area (Å²) in [4.78, 5) is 37.9. The van der Waals surface area contributed by atoms with Crippen molar-refractivity contribution in [2.45, 2.75) is 32.2 Å². The topological polar surface area (TPSA) is 141 Å². The molecule has 1 amide bonds. The number of tetrazole rings is 1. The van der Waals surface area contributed by atoms with Crippen molar-refractivity contribution in [3.63, 3.8) is 0 Å². The number of carboxylic acids is 1. The van der Waals surface area contributed by atoms with Crippen LogP contribution in [0.5, 0.6) is 5.75 Å². The Morgan fingerprint density at radius 1 is 1.13 bits per heavy atom. The van der Waals surface area contributed by atoms with Crippen molar-refractivity contribution >= 4 is 29.2 Å². The SMILES string of the molecule is CCCCC(C(=O)Nc1ccc(C(=O)O)cc1)n1cc(OC)c(-c2cc(Cl)ccc2-n2cnnn2)cc1=O. The van der Waals surface area contributed by atoms with E-state index < -0.39 is 23.5 Å². The lowest BCUT2D eigenvalue weighted by atomic mass is 10.0. The summed E-state index contributed by atoms with van der Waals surface area (Å²) in [5, 5.41) is 23.6. The zero-order valence-corrected chi connectivity index (χ0v) is 21.4. The van der Waals surface area contributed by atoms with E-state index in [1.165, 1.54) is 59.2 Å². The number of benzene rings is 2. The lowest BCUT2D eigenvalue weighted by Gasteiger charge is -2.21. The lowest BCUT2D eigenvalue weighted by Crippen LogP contribution is -2.33. The second-order valence-corrected chi connectivity index (χ2v) is 8.88. The number of pyridine rings is 1. The highest BCUT2D eigenvalue weighted by atomic mass is 35.5. The van der Waals surface area contributed by atoms with Crippen LogP contribution < -0.4 is 15.6 Å². The first kappa shape index (κ1) is 26.6. The van der Waals surface area contributed by atoms with E-state index in [0.717, 1.165) is 6.42 Å². The van der Waals surface area contributed by atoms with Gasteiger partial charge in [0, 0.05) is 27.9 Å². The van der Waals surface area contributed by atoms with Crippen molar-refractivity contribution in [3.05, 3.63) is 82.0 Å². The van der Waals surface area contributed by atoms with Crippen molar-refractivity contribution in [1.29, 1.82) is 0 Å². The molecule has 11 nitrogen and oxygen atoms in total. The predicted molar refractivity (Wildman–Crippen MR) is 141 cm³/mol. The van der Waals surface area contributed by atoms with Gasteiger partial charge in [-0.1, -0.05) is 31.4 Å². The first-order chi connectivity index (χ1) is 18.3. The average Bonchev–Trinajstić information content (AvgIpc) is 3.44. The highest BCUT2D eigenvalue weighted by Crippen LogP contribution is 2.35. The molecule has 0 spiro atoms. The van der Waals surface area contributed by atoms with Crippen molar-refractivity contribution in [2.75, 3.05) is 12.4 Å². The number of unbranched alkanes of at least 4 members (excludes halogenated alkanes) is 1.